The summed E-state index contributed by atoms with van der Waals surface area (Å²) in [5, 5.41) is 1.31. The van der Waals surface area contributed by atoms with Gasteiger partial charge in [0.15, 0.2) is 5.75 Å². The lowest BCUT2D eigenvalue weighted by Gasteiger charge is -2.06. The molecule has 100 valence electrons. The van der Waals surface area contributed by atoms with Crippen LogP contribution in [0.25, 0.3) is 10.9 Å². The smallest absolute Gasteiger partial charge is 0.308 e. The molecule has 1 N–H and O–H groups in total. The van der Waals surface area contributed by atoms with Crippen molar-refractivity contribution in [2.75, 3.05) is 0 Å². The highest BCUT2D eigenvalue weighted by Crippen LogP contribution is 2.33. The van der Waals surface area contributed by atoms with Crippen LogP contribution in [0.2, 0.25) is 5.02 Å². The zero-order valence-electron chi connectivity index (χ0n) is 10.7. The summed E-state index contributed by atoms with van der Waals surface area (Å²) in [6.07, 6.45) is 1.36. The second kappa shape index (κ2) is 5.45. The van der Waals surface area contributed by atoms with Crippen molar-refractivity contribution in [2.45, 2.75) is 20.3 Å². The van der Waals surface area contributed by atoms with Crippen LogP contribution in [0.4, 0.5) is 0 Å². The van der Waals surface area contributed by atoms with E-state index in [9.17, 15) is 9.59 Å². The van der Waals surface area contributed by atoms with Crippen LogP contribution in [0, 0.1) is 5.92 Å². The topological polar surface area (TPSA) is 59.2 Å². The summed E-state index contributed by atoms with van der Waals surface area (Å²) in [7, 11) is 0. The highest BCUT2D eigenvalue weighted by Gasteiger charge is 2.17. The maximum absolute atomic E-state index is 11.2. The number of H-pyrrole nitrogens is 1. The zero-order chi connectivity index (χ0) is 14.0. The lowest BCUT2D eigenvalue weighted by atomic mass is 10.1. The van der Waals surface area contributed by atoms with Crippen LogP contribution in [0.1, 0.15) is 19.5 Å². The van der Waals surface area contributed by atoms with Gasteiger partial charge in [0.05, 0.1) is 5.69 Å². The van der Waals surface area contributed by atoms with Crippen LogP contribution < -0.4 is 4.74 Å². The third-order valence-corrected chi connectivity index (χ3v) is 3.03. The summed E-state index contributed by atoms with van der Waals surface area (Å²) in [5.41, 5.74) is 1.56. The number of hydrogen-bond donors (Lipinski definition) is 1. The van der Waals surface area contributed by atoms with E-state index in [0.717, 1.165) is 22.9 Å². The molecule has 0 fully saturated rings. The number of benzene rings is 1. The molecule has 1 atom stereocenters. The number of aromatic amines is 1. The Labute approximate surface area is 115 Å². The number of hydrogen-bond acceptors (Lipinski definition) is 3. The summed E-state index contributed by atoms with van der Waals surface area (Å²) in [6.45, 7) is 3.15. The molecule has 2 rings (SSSR count). The van der Waals surface area contributed by atoms with Gasteiger partial charge in [-0.2, -0.15) is 0 Å². The van der Waals surface area contributed by atoms with E-state index in [2.05, 4.69) is 4.98 Å². The van der Waals surface area contributed by atoms with Gasteiger partial charge in [0.1, 0.15) is 6.29 Å². The lowest BCUT2D eigenvalue weighted by molar-refractivity contribution is -0.131. The number of carbonyl (C=O) groups excluding carboxylic acids is 2. The van der Waals surface area contributed by atoms with Crippen LogP contribution in [-0.2, 0) is 16.0 Å². The Morgan fingerprint density at radius 3 is 2.89 bits per heavy atom. The minimum Gasteiger partial charge on any atom is -0.424 e. The molecule has 0 bridgehead atoms. The summed E-state index contributed by atoms with van der Waals surface area (Å²) < 4.78 is 5.25. The molecule has 0 aliphatic heterocycles. The molecule has 1 aromatic heterocycles. The molecule has 1 unspecified atom stereocenters. The van der Waals surface area contributed by atoms with Gasteiger partial charge in [-0.05, 0) is 18.2 Å². The third-order valence-electron chi connectivity index (χ3n) is 2.79. The second-order valence-corrected chi connectivity index (χ2v) is 4.97. The highest BCUT2D eigenvalue weighted by molar-refractivity contribution is 6.31. The number of fused-ring (bicyclic) bond motifs is 1. The maximum atomic E-state index is 11.2. The summed E-state index contributed by atoms with van der Waals surface area (Å²) >= 11 is 5.96. The van der Waals surface area contributed by atoms with E-state index in [0.29, 0.717) is 17.2 Å². The normalized spacial score (nSPS) is 12.4. The Bertz CT molecular complexity index is 633. The van der Waals surface area contributed by atoms with Gasteiger partial charge in [-0.3, -0.25) is 4.79 Å². The number of nitrogens with one attached hydrogen (secondary N) is 1. The van der Waals surface area contributed by atoms with Crippen LogP contribution in [0.5, 0.6) is 5.75 Å². The van der Waals surface area contributed by atoms with Gasteiger partial charge in [0.25, 0.3) is 0 Å². The average molecular weight is 280 g/mol. The first-order valence-electron chi connectivity index (χ1n) is 5.95. The van der Waals surface area contributed by atoms with E-state index >= 15 is 0 Å². The molecule has 0 spiro atoms. The average Bonchev–Trinajstić information content (AvgIpc) is 2.66. The maximum Gasteiger partial charge on any atom is 0.308 e. The van der Waals surface area contributed by atoms with Crippen molar-refractivity contribution >= 4 is 34.8 Å². The molecular formula is C14H14ClNO3. The molecule has 1 aromatic carbocycles. The van der Waals surface area contributed by atoms with E-state index in [-0.39, 0.29) is 5.92 Å². The Balaban J connectivity index is 2.54. The second-order valence-electron chi connectivity index (χ2n) is 4.53. The quantitative estimate of drug-likeness (QED) is 0.691. The molecule has 5 heteroatoms. The van der Waals surface area contributed by atoms with Crippen molar-refractivity contribution in [3.8, 4) is 5.75 Å². The van der Waals surface area contributed by atoms with Gasteiger partial charge in [-0.15, -0.1) is 0 Å². The summed E-state index contributed by atoms with van der Waals surface area (Å²) in [6, 6.07) is 5.31. The van der Waals surface area contributed by atoms with Gasteiger partial charge in [-0.1, -0.05) is 18.5 Å². The van der Waals surface area contributed by atoms with Crippen molar-refractivity contribution in [1.82, 2.24) is 4.98 Å². The Kier molecular flexibility index (Phi) is 3.90. The van der Waals surface area contributed by atoms with Crippen LogP contribution >= 0.6 is 11.6 Å². The van der Waals surface area contributed by atoms with E-state index in [1.807, 2.05) is 13.0 Å². The van der Waals surface area contributed by atoms with E-state index < -0.39 is 5.97 Å². The van der Waals surface area contributed by atoms with Crippen LogP contribution in [-0.4, -0.2) is 17.2 Å². The van der Waals surface area contributed by atoms with Crippen molar-refractivity contribution in [1.29, 1.82) is 0 Å². The van der Waals surface area contributed by atoms with Gasteiger partial charge < -0.3 is 14.5 Å². The number of rotatable bonds is 4. The predicted molar refractivity (Wildman–Crippen MR) is 73.5 cm³/mol. The van der Waals surface area contributed by atoms with E-state index in [4.69, 9.17) is 16.3 Å². The van der Waals surface area contributed by atoms with E-state index in [1.54, 1.807) is 12.1 Å². The first-order chi connectivity index (χ1) is 9.01. The number of aromatic nitrogens is 1. The molecule has 0 amide bonds. The molecular weight excluding hydrogens is 266 g/mol. The molecule has 0 aliphatic carbocycles. The number of carbonyl (C=O) groups is 2. The SMILES string of the molecule is CC(=O)Oc1c(CC(C)C=O)[nH]c2ccc(Cl)cc12. The molecule has 0 saturated carbocycles. The predicted octanol–water partition coefficient (Wildman–Crippen LogP) is 3.12. The molecule has 2 aromatic rings. The lowest BCUT2D eigenvalue weighted by Crippen LogP contribution is -2.06. The molecule has 19 heavy (non-hydrogen) atoms. The highest BCUT2D eigenvalue weighted by atomic mass is 35.5. The van der Waals surface area contributed by atoms with Gasteiger partial charge in [-0.25, -0.2) is 0 Å². The molecule has 0 radical (unpaired) electrons. The Morgan fingerprint density at radius 1 is 1.53 bits per heavy atom. The number of halogens is 1. The van der Waals surface area contributed by atoms with Gasteiger partial charge in [0.2, 0.25) is 0 Å². The fourth-order valence-corrected chi connectivity index (χ4v) is 2.14. The first kappa shape index (κ1) is 13.6. The molecule has 4 nitrogen and oxygen atoms in total. The molecule has 1 heterocycles. The summed E-state index contributed by atoms with van der Waals surface area (Å²) in [5.74, 6) is -0.0996. The number of aldehydes is 1. The van der Waals surface area contributed by atoms with Gasteiger partial charge in [0, 0.05) is 35.2 Å². The minimum atomic E-state index is -0.402. The number of ether oxygens (including phenoxy) is 1. The largest absolute Gasteiger partial charge is 0.424 e. The van der Waals surface area contributed by atoms with Gasteiger partial charge >= 0.3 is 5.97 Å². The zero-order valence-corrected chi connectivity index (χ0v) is 11.5. The third kappa shape index (κ3) is 2.96. The first-order valence-corrected chi connectivity index (χ1v) is 6.33. The van der Waals surface area contributed by atoms with E-state index in [1.165, 1.54) is 6.92 Å². The van der Waals surface area contributed by atoms with Crippen LogP contribution in [0.3, 0.4) is 0 Å². The van der Waals surface area contributed by atoms with Crippen molar-refractivity contribution < 1.29 is 14.3 Å². The fourth-order valence-electron chi connectivity index (χ4n) is 1.97. The minimum absolute atomic E-state index is 0.155. The van der Waals surface area contributed by atoms with Crippen molar-refractivity contribution in [3.63, 3.8) is 0 Å². The van der Waals surface area contributed by atoms with Crippen molar-refractivity contribution in [3.05, 3.63) is 28.9 Å². The molecule has 0 saturated heterocycles. The monoisotopic (exact) mass is 279 g/mol. The standard InChI is InChI=1S/C14H14ClNO3/c1-8(7-17)5-13-14(19-9(2)18)11-6-10(15)3-4-12(11)16-13/h3-4,6-8,16H,5H2,1-2H3. The number of esters is 1. The van der Waals surface area contributed by atoms with Crippen LogP contribution in [0.15, 0.2) is 18.2 Å². The summed E-state index contributed by atoms with van der Waals surface area (Å²) in [4.78, 5) is 25.1. The fraction of sp³-hybridized carbons (Fsp3) is 0.286. The van der Waals surface area contributed by atoms with Crippen molar-refractivity contribution in [2.24, 2.45) is 5.92 Å². The Hall–Kier alpha value is -1.81. The Morgan fingerprint density at radius 2 is 2.26 bits per heavy atom. The molecule has 0 aliphatic rings.